The van der Waals surface area contributed by atoms with E-state index in [-0.39, 0.29) is 23.3 Å². The topological polar surface area (TPSA) is 117 Å². The predicted octanol–water partition coefficient (Wildman–Crippen LogP) is 9.87. The van der Waals surface area contributed by atoms with Crippen molar-refractivity contribution in [2.24, 2.45) is 11.8 Å². The molecule has 2 aromatic rings. The van der Waals surface area contributed by atoms with Crippen LogP contribution in [0.2, 0.25) is 0 Å². The van der Waals surface area contributed by atoms with Gasteiger partial charge in [0.25, 0.3) is 11.8 Å². The minimum absolute atomic E-state index is 0.0172. The summed E-state index contributed by atoms with van der Waals surface area (Å²) >= 11 is 2.00. The first-order chi connectivity index (χ1) is 24.8. The van der Waals surface area contributed by atoms with E-state index in [1.807, 2.05) is 25.6 Å². The second-order valence-corrected chi connectivity index (χ2v) is 14.9. The van der Waals surface area contributed by atoms with Crippen LogP contribution in [-0.4, -0.2) is 60.8 Å². The van der Waals surface area contributed by atoms with E-state index in [9.17, 15) is 19.8 Å². The summed E-state index contributed by atoms with van der Waals surface area (Å²) in [5.41, 5.74) is 1.97. The van der Waals surface area contributed by atoms with E-state index in [2.05, 4.69) is 24.5 Å². The van der Waals surface area contributed by atoms with Crippen LogP contribution in [0.25, 0.3) is 0 Å². The lowest BCUT2D eigenvalue weighted by molar-refractivity contribution is 0.0940. The SMILES string of the molecule is CCCCCCC(CCNC(=O)c1ccc(OC)c(CCC)c1O)CSCC(CCCCCC)CCNC(=O)c1ccc(OC)c(CCC)c1O. The van der Waals surface area contributed by atoms with Crippen LogP contribution in [0.5, 0.6) is 23.0 Å². The molecule has 0 aromatic heterocycles. The third kappa shape index (κ3) is 15.2. The Hall–Kier alpha value is -3.07. The zero-order valence-corrected chi connectivity index (χ0v) is 33.4. The van der Waals surface area contributed by atoms with Gasteiger partial charge in [0, 0.05) is 24.2 Å². The number of carbonyl (C=O) groups is 2. The van der Waals surface area contributed by atoms with Crippen LogP contribution in [0.3, 0.4) is 0 Å². The van der Waals surface area contributed by atoms with Crippen molar-refractivity contribution in [2.45, 2.75) is 130 Å². The molecule has 2 aromatic carbocycles. The first kappa shape index (κ1) is 44.1. The molecule has 0 fully saturated rings. The van der Waals surface area contributed by atoms with Crippen molar-refractivity contribution in [1.82, 2.24) is 10.6 Å². The second-order valence-electron chi connectivity index (χ2n) is 13.8. The zero-order valence-electron chi connectivity index (χ0n) is 32.5. The van der Waals surface area contributed by atoms with Crippen molar-refractivity contribution in [1.29, 1.82) is 0 Å². The molecule has 0 radical (unpaired) electrons. The highest BCUT2D eigenvalue weighted by atomic mass is 32.2. The number of nitrogens with one attached hydrogen (secondary N) is 2. The maximum Gasteiger partial charge on any atom is 0.255 e. The minimum Gasteiger partial charge on any atom is -0.507 e. The molecule has 9 heteroatoms. The van der Waals surface area contributed by atoms with Crippen LogP contribution in [0.4, 0.5) is 0 Å². The van der Waals surface area contributed by atoms with Crippen LogP contribution < -0.4 is 20.1 Å². The summed E-state index contributed by atoms with van der Waals surface area (Å²) in [5.74, 6) is 3.81. The van der Waals surface area contributed by atoms with E-state index in [4.69, 9.17) is 9.47 Å². The van der Waals surface area contributed by atoms with E-state index in [0.29, 0.717) is 71.5 Å². The number of carbonyl (C=O) groups excluding carboxylic acids is 2. The highest BCUT2D eigenvalue weighted by Gasteiger charge is 2.20. The van der Waals surface area contributed by atoms with Gasteiger partial charge in [0.2, 0.25) is 0 Å². The fraction of sp³-hybridized carbons (Fsp3) is 0.667. The van der Waals surface area contributed by atoms with Crippen molar-refractivity contribution in [3.63, 3.8) is 0 Å². The summed E-state index contributed by atoms with van der Waals surface area (Å²) in [4.78, 5) is 26.2. The van der Waals surface area contributed by atoms with Crippen molar-refractivity contribution in [3.8, 4) is 23.0 Å². The lowest BCUT2D eigenvalue weighted by Crippen LogP contribution is -2.27. The summed E-state index contributed by atoms with van der Waals surface area (Å²) in [6.07, 6.45) is 16.8. The van der Waals surface area contributed by atoms with Gasteiger partial charge in [0.1, 0.15) is 23.0 Å². The molecule has 0 aliphatic heterocycles. The molecule has 0 spiro atoms. The first-order valence-corrected chi connectivity index (χ1v) is 20.8. The molecule has 2 atom stereocenters. The minimum atomic E-state index is -0.247. The van der Waals surface area contributed by atoms with Crippen molar-refractivity contribution in [3.05, 3.63) is 46.5 Å². The molecule has 0 bridgehead atoms. The van der Waals surface area contributed by atoms with Gasteiger partial charge >= 0.3 is 0 Å². The number of hydrogen-bond donors (Lipinski definition) is 4. The lowest BCUT2D eigenvalue weighted by Gasteiger charge is -2.21. The summed E-state index contributed by atoms with van der Waals surface area (Å²) in [6.45, 7) is 9.67. The highest BCUT2D eigenvalue weighted by Crippen LogP contribution is 2.34. The second kappa shape index (κ2) is 25.8. The summed E-state index contributed by atoms with van der Waals surface area (Å²) in [7, 11) is 3.16. The summed E-state index contributed by atoms with van der Waals surface area (Å²) in [5, 5.41) is 27.9. The number of amides is 2. The molecule has 288 valence electrons. The monoisotopic (exact) mass is 728 g/mol. The van der Waals surface area contributed by atoms with Crippen LogP contribution in [-0.2, 0) is 12.8 Å². The number of benzene rings is 2. The van der Waals surface area contributed by atoms with Gasteiger partial charge in [-0.2, -0.15) is 11.8 Å². The fourth-order valence-electron chi connectivity index (χ4n) is 6.68. The third-order valence-electron chi connectivity index (χ3n) is 9.72. The maximum atomic E-state index is 13.1. The number of methoxy groups -OCH3 is 2. The molecular formula is C42H68N2O6S. The number of thioether (sulfide) groups is 1. The smallest absolute Gasteiger partial charge is 0.255 e. The van der Waals surface area contributed by atoms with Crippen molar-refractivity contribution >= 4 is 23.6 Å². The molecule has 4 N–H and O–H groups in total. The van der Waals surface area contributed by atoms with E-state index in [0.717, 1.165) is 50.0 Å². The Balaban J connectivity index is 1.99. The Morgan fingerprint density at radius 3 is 1.37 bits per heavy atom. The largest absolute Gasteiger partial charge is 0.507 e. The maximum absolute atomic E-state index is 13.1. The molecule has 2 unspecified atom stereocenters. The molecule has 0 saturated carbocycles. The molecule has 51 heavy (non-hydrogen) atoms. The Morgan fingerprint density at radius 2 is 1.02 bits per heavy atom. The van der Waals surface area contributed by atoms with Gasteiger partial charge in [-0.25, -0.2) is 0 Å². The lowest BCUT2D eigenvalue weighted by atomic mass is 9.98. The predicted molar refractivity (Wildman–Crippen MR) is 213 cm³/mol. The van der Waals surface area contributed by atoms with Gasteiger partial charge in [-0.1, -0.05) is 91.9 Å². The van der Waals surface area contributed by atoms with Gasteiger partial charge in [0.15, 0.2) is 0 Å². The Kier molecular flexibility index (Phi) is 22.3. The van der Waals surface area contributed by atoms with E-state index < -0.39 is 0 Å². The van der Waals surface area contributed by atoms with Crippen molar-refractivity contribution in [2.75, 3.05) is 38.8 Å². The average Bonchev–Trinajstić information content (AvgIpc) is 3.12. The van der Waals surface area contributed by atoms with Gasteiger partial charge in [-0.05, 0) is 86.1 Å². The highest BCUT2D eigenvalue weighted by molar-refractivity contribution is 7.99. The number of phenols is 2. The third-order valence-corrected chi connectivity index (χ3v) is 11.1. The standard InChI is InChI=1S/C42H68N2O6S/c1-7-11-13-15-19-31(25-27-43-41(47)35-21-23-37(49-5)33(17-9-3)39(35)45)29-51-30-32(20-16-14-12-8-2)26-28-44-42(48)36-22-24-38(50-6)34(18-10-4)40(36)46/h21-24,31-32,45-46H,7-20,25-30H2,1-6H3,(H,43,47)(H,44,48). The molecule has 0 aliphatic carbocycles. The van der Waals surface area contributed by atoms with Gasteiger partial charge in [-0.3, -0.25) is 9.59 Å². The van der Waals surface area contributed by atoms with E-state index in [1.165, 1.54) is 51.4 Å². The zero-order chi connectivity index (χ0) is 37.4. The van der Waals surface area contributed by atoms with E-state index in [1.54, 1.807) is 38.5 Å². The van der Waals surface area contributed by atoms with Crippen molar-refractivity contribution < 1.29 is 29.3 Å². The molecule has 2 rings (SSSR count). The van der Waals surface area contributed by atoms with Gasteiger partial charge in [0.05, 0.1) is 25.3 Å². The van der Waals surface area contributed by atoms with Crippen LogP contribution >= 0.6 is 11.8 Å². The molecule has 2 amide bonds. The first-order valence-electron chi connectivity index (χ1n) is 19.7. The Labute approximate surface area is 313 Å². The number of unbranched alkanes of at least 4 members (excludes halogenated alkanes) is 6. The number of ether oxygens (including phenoxy) is 2. The fourth-order valence-corrected chi connectivity index (χ4v) is 8.15. The number of rotatable bonds is 28. The summed E-state index contributed by atoms with van der Waals surface area (Å²) < 4.78 is 10.8. The Bertz CT molecular complexity index is 1210. The molecular weight excluding hydrogens is 661 g/mol. The molecule has 0 heterocycles. The molecule has 0 saturated heterocycles. The van der Waals surface area contributed by atoms with Gasteiger partial charge < -0.3 is 30.3 Å². The number of phenolic OH excluding ortho intramolecular Hbond substituents is 2. The summed E-state index contributed by atoms with van der Waals surface area (Å²) in [6, 6.07) is 6.83. The van der Waals surface area contributed by atoms with Crippen LogP contribution in [0.15, 0.2) is 24.3 Å². The van der Waals surface area contributed by atoms with Gasteiger partial charge in [-0.15, -0.1) is 0 Å². The Morgan fingerprint density at radius 1 is 0.608 bits per heavy atom. The van der Waals surface area contributed by atoms with Crippen LogP contribution in [0.1, 0.15) is 149 Å². The number of aromatic hydroxyl groups is 2. The molecule has 8 nitrogen and oxygen atoms in total. The normalized spacial score (nSPS) is 12.4. The van der Waals surface area contributed by atoms with Crippen LogP contribution in [0, 0.1) is 11.8 Å². The average molecular weight is 729 g/mol. The quantitative estimate of drug-likeness (QED) is 0.0645. The number of hydrogen-bond acceptors (Lipinski definition) is 7. The molecule has 0 aliphatic rings. The van der Waals surface area contributed by atoms with E-state index >= 15 is 0 Å².